The van der Waals surface area contributed by atoms with Gasteiger partial charge in [-0.1, -0.05) is 18.2 Å². The van der Waals surface area contributed by atoms with E-state index in [1.165, 1.54) is 6.92 Å². The molecule has 0 heterocycles. The van der Waals surface area contributed by atoms with Gasteiger partial charge in [0.25, 0.3) is 0 Å². The van der Waals surface area contributed by atoms with Crippen LogP contribution in [0.25, 0.3) is 6.08 Å². The molecule has 0 saturated heterocycles. The number of ether oxygens (including phenoxy) is 2. The highest BCUT2D eigenvalue weighted by Crippen LogP contribution is 2.28. The molecule has 4 nitrogen and oxygen atoms in total. The van der Waals surface area contributed by atoms with Crippen LogP contribution in [0, 0.1) is 0 Å². The minimum atomic E-state index is -0.0611. The molecule has 0 unspecified atom stereocenters. The van der Waals surface area contributed by atoms with Gasteiger partial charge in [0, 0.05) is 6.92 Å². The van der Waals surface area contributed by atoms with E-state index in [0.717, 1.165) is 5.56 Å². The van der Waals surface area contributed by atoms with Crippen molar-refractivity contribution in [3.8, 4) is 11.5 Å². The summed E-state index contributed by atoms with van der Waals surface area (Å²) in [5.41, 5.74) is 1.06. The maximum atomic E-state index is 10.7. The number of hydrogen-bond donors (Lipinski definition) is 1. The molecule has 1 aromatic carbocycles. The van der Waals surface area contributed by atoms with Crippen LogP contribution < -0.4 is 14.8 Å². The molecular weight excluding hydrogens is 230 g/mol. The van der Waals surface area contributed by atoms with Gasteiger partial charge in [0.2, 0.25) is 5.91 Å². The smallest absolute Gasteiger partial charge is 0.216 e. The van der Waals surface area contributed by atoms with Crippen molar-refractivity contribution in [1.82, 2.24) is 5.32 Å². The molecular formula is C14H19NO3. The summed E-state index contributed by atoms with van der Waals surface area (Å²) in [6.45, 7) is 4.34. The summed E-state index contributed by atoms with van der Waals surface area (Å²) in [5, 5.41) is 2.67. The molecule has 1 aromatic rings. The fourth-order valence-electron chi connectivity index (χ4n) is 1.49. The number of rotatable bonds is 6. The van der Waals surface area contributed by atoms with E-state index >= 15 is 0 Å². The fourth-order valence-corrected chi connectivity index (χ4v) is 1.49. The van der Waals surface area contributed by atoms with Crippen molar-refractivity contribution < 1.29 is 14.3 Å². The normalized spacial score (nSPS) is 10.4. The summed E-state index contributed by atoms with van der Waals surface area (Å²) in [5.74, 6) is 1.30. The van der Waals surface area contributed by atoms with Gasteiger partial charge < -0.3 is 14.8 Å². The highest BCUT2D eigenvalue weighted by Gasteiger charge is 2.04. The quantitative estimate of drug-likeness (QED) is 0.786. The lowest BCUT2D eigenvalue weighted by atomic mass is 10.2. The van der Waals surface area contributed by atoms with E-state index < -0.39 is 0 Å². The highest BCUT2D eigenvalue weighted by molar-refractivity contribution is 5.72. The van der Waals surface area contributed by atoms with Crippen molar-refractivity contribution in [2.45, 2.75) is 13.8 Å². The van der Waals surface area contributed by atoms with Gasteiger partial charge in [0.15, 0.2) is 11.5 Å². The Morgan fingerprint density at radius 3 is 2.78 bits per heavy atom. The van der Waals surface area contributed by atoms with Gasteiger partial charge in [-0.2, -0.15) is 0 Å². The van der Waals surface area contributed by atoms with Gasteiger partial charge in [-0.25, -0.2) is 0 Å². The average Bonchev–Trinajstić information content (AvgIpc) is 2.35. The van der Waals surface area contributed by atoms with Crippen LogP contribution in [0.5, 0.6) is 11.5 Å². The molecule has 0 spiro atoms. The first-order chi connectivity index (χ1) is 8.67. The molecule has 0 atom stereocenters. The molecule has 0 aromatic heterocycles. The summed E-state index contributed by atoms with van der Waals surface area (Å²) in [4.78, 5) is 10.7. The molecule has 1 amide bonds. The molecule has 0 bridgehead atoms. The van der Waals surface area contributed by atoms with Crippen LogP contribution in [0.4, 0.5) is 0 Å². The first-order valence-electron chi connectivity index (χ1n) is 5.85. The minimum Gasteiger partial charge on any atom is -0.493 e. The number of allylic oxidation sites excluding steroid dienone is 1. The number of amides is 1. The standard InChI is InChI=1S/C14H19NO3/c1-4-5-12-6-7-13(14(10-12)17-3)18-9-8-15-11(2)16/h4-7,10H,8-9H2,1-3H3,(H,15,16)/b5-4+. The molecule has 18 heavy (non-hydrogen) atoms. The Morgan fingerprint density at radius 2 is 2.17 bits per heavy atom. The van der Waals surface area contributed by atoms with Crippen molar-refractivity contribution in [2.75, 3.05) is 20.3 Å². The highest BCUT2D eigenvalue weighted by atomic mass is 16.5. The van der Waals surface area contributed by atoms with Gasteiger partial charge in [0.05, 0.1) is 13.7 Å². The summed E-state index contributed by atoms with van der Waals surface area (Å²) >= 11 is 0. The predicted octanol–water partition coefficient (Wildman–Crippen LogP) is 2.24. The molecule has 0 aliphatic carbocycles. The first kappa shape index (κ1) is 14.1. The molecule has 0 aliphatic rings. The Morgan fingerprint density at radius 1 is 1.39 bits per heavy atom. The van der Waals surface area contributed by atoms with Gasteiger partial charge in [-0.3, -0.25) is 4.79 Å². The maximum absolute atomic E-state index is 10.7. The Balaban J connectivity index is 2.62. The number of methoxy groups -OCH3 is 1. The summed E-state index contributed by atoms with van der Waals surface area (Å²) in [7, 11) is 1.61. The van der Waals surface area contributed by atoms with Crippen LogP contribution in [-0.2, 0) is 4.79 Å². The minimum absolute atomic E-state index is 0.0611. The van der Waals surface area contributed by atoms with Gasteiger partial charge in [0.1, 0.15) is 6.61 Å². The van der Waals surface area contributed by atoms with Crippen molar-refractivity contribution in [2.24, 2.45) is 0 Å². The van der Waals surface area contributed by atoms with Crippen LogP contribution in [0.2, 0.25) is 0 Å². The lowest BCUT2D eigenvalue weighted by molar-refractivity contribution is -0.119. The van der Waals surface area contributed by atoms with Gasteiger partial charge in [-0.15, -0.1) is 0 Å². The lowest BCUT2D eigenvalue weighted by Crippen LogP contribution is -2.25. The van der Waals surface area contributed by atoms with Crippen molar-refractivity contribution in [3.63, 3.8) is 0 Å². The van der Waals surface area contributed by atoms with E-state index in [4.69, 9.17) is 9.47 Å². The van der Waals surface area contributed by atoms with Crippen molar-refractivity contribution >= 4 is 12.0 Å². The predicted molar refractivity (Wildman–Crippen MR) is 71.9 cm³/mol. The van der Waals surface area contributed by atoms with Crippen molar-refractivity contribution in [1.29, 1.82) is 0 Å². The second-order valence-corrected chi connectivity index (χ2v) is 3.74. The third kappa shape index (κ3) is 4.49. The number of carbonyl (C=O) groups is 1. The topological polar surface area (TPSA) is 47.6 Å². The van der Waals surface area contributed by atoms with E-state index in [0.29, 0.717) is 24.7 Å². The molecule has 0 aliphatic heterocycles. The number of nitrogens with one attached hydrogen (secondary N) is 1. The third-order valence-corrected chi connectivity index (χ3v) is 2.28. The monoisotopic (exact) mass is 249 g/mol. The zero-order chi connectivity index (χ0) is 13.4. The van der Waals surface area contributed by atoms with Gasteiger partial charge >= 0.3 is 0 Å². The largest absolute Gasteiger partial charge is 0.493 e. The van der Waals surface area contributed by atoms with Crippen LogP contribution in [0.15, 0.2) is 24.3 Å². The molecule has 0 fully saturated rings. The SMILES string of the molecule is C/C=C/c1ccc(OCCNC(C)=O)c(OC)c1. The lowest BCUT2D eigenvalue weighted by Gasteiger charge is -2.11. The molecule has 4 heteroatoms. The number of carbonyl (C=O) groups excluding carboxylic acids is 1. The van der Waals surface area contributed by atoms with E-state index in [-0.39, 0.29) is 5.91 Å². The second kappa shape index (κ2) is 7.37. The van der Waals surface area contributed by atoms with E-state index in [9.17, 15) is 4.79 Å². The Kier molecular flexibility index (Phi) is 5.77. The summed E-state index contributed by atoms with van der Waals surface area (Å²) in [6.07, 6.45) is 3.95. The van der Waals surface area contributed by atoms with Crippen molar-refractivity contribution in [3.05, 3.63) is 29.8 Å². The molecule has 0 radical (unpaired) electrons. The van der Waals surface area contributed by atoms with Crippen LogP contribution in [-0.4, -0.2) is 26.2 Å². The molecule has 1 rings (SSSR count). The third-order valence-electron chi connectivity index (χ3n) is 2.28. The maximum Gasteiger partial charge on any atom is 0.216 e. The second-order valence-electron chi connectivity index (χ2n) is 3.74. The van der Waals surface area contributed by atoms with Crippen LogP contribution in [0.3, 0.4) is 0 Å². The summed E-state index contributed by atoms with van der Waals surface area (Å²) < 4.78 is 10.8. The first-order valence-corrected chi connectivity index (χ1v) is 5.85. The van der Waals surface area contributed by atoms with Gasteiger partial charge in [-0.05, 0) is 24.6 Å². The fraction of sp³-hybridized carbons (Fsp3) is 0.357. The molecule has 0 saturated carbocycles. The Bertz CT molecular complexity index is 427. The Labute approximate surface area is 108 Å². The van der Waals surface area contributed by atoms with Crippen LogP contribution >= 0.6 is 0 Å². The zero-order valence-electron chi connectivity index (χ0n) is 11.0. The Hall–Kier alpha value is -1.97. The van der Waals surface area contributed by atoms with E-state index in [1.54, 1.807) is 7.11 Å². The van der Waals surface area contributed by atoms with E-state index in [1.807, 2.05) is 37.3 Å². The zero-order valence-corrected chi connectivity index (χ0v) is 11.0. The molecule has 98 valence electrons. The average molecular weight is 249 g/mol. The van der Waals surface area contributed by atoms with Crippen LogP contribution in [0.1, 0.15) is 19.4 Å². The number of benzene rings is 1. The van der Waals surface area contributed by atoms with E-state index in [2.05, 4.69) is 5.32 Å². The summed E-state index contributed by atoms with van der Waals surface area (Å²) in [6, 6.07) is 5.73. The molecule has 1 N–H and O–H groups in total. The number of hydrogen-bond acceptors (Lipinski definition) is 3.